The minimum absolute atomic E-state index is 0.0368. The number of halogens is 7. The zero-order valence-corrected chi connectivity index (χ0v) is 23.4. The van der Waals surface area contributed by atoms with E-state index < -0.39 is 49.6 Å². The van der Waals surface area contributed by atoms with Crippen molar-refractivity contribution in [3.63, 3.8) is 0 Å². The Hall–Kier alpha value is -1.94. The van der Waals surface area contributed by atoms with Crippen molar-refractivity contribution >= 4 is 24.0 Å². The van der Waals surface area contributed by atoms with Crippen molar-refractivity contribution in [2.45, 2.75) is 43.7 Å². The van der Waals surface area contributed by atoms with Crippen molar-refractivity contribution in [1.29, 1.82) is 0 Å². The summed E-state index contributed by atoms with van der Waals surface area (Å²) in [4.78, 5) is 15.1. The summed E-state index contributed by atoms with van der Waals surface area (Å²) in [5.74, 6) is 0. The SMILES string of the molecule is CN(CCc1cc(C(F)(F)F)cc(C(F)(F)F)c1)C(=O)I(c1ccccc1)N1CCC(NC(CO)CO)CC1. The Bertz CT molecular complexity index is 1040. The van der Waals surface area contributed by atoms with Crippen LogP contribution in [-0.4, -0.2) is 74.1 Å². The molecule has 0 unspecified atom stereocenters. The Morgan fingerprint density at radius 2 is 1.54 bits per heavy atom. The van der Waals surface area contributed by atoms with Crippen LogP contribution in [0.25, 0.3) is 0 Å². The Morgan fingerprint density at radius 3 is 2.03 bits per heavy atom. The molecule has 0 saturated carbocycles. The first-order valence-electron chi connectivity index (χ1n) is 12.3. The van der Waals surface area contributed by atoms with Gasteiger partial charge in [0.25, 0.3) is 0 Å². The molecular weight excluding hydrogens is 643 g/mol. The summed E-state index contributed by atoms with van der Waals surface area (Å²) in [7, 11) is 1.52. The molecule has 0 aromatic heterocycles. The molecular formula is C26H32F6IN3O3. The molecule has 1 amide bonds. The number of nitrogens with one attached hydrogen (secondary N) is 1. The van der Waals surface area contributed by atoms with Crippen molar-refractivity contribution in [1.82, 2.24) is 13.3 Å². The number of hydrogen-bond acceptors (Lipinski definition) is 5. The maximum atomic E-state index is 13.7. The molecule has 13 heteroatoms. The molecule has 1 heterocycles. The van der Waals surface area contributed by atoms with Crippen molar-refractivity contribution in [3.8, 4) is 0 Å². The first-order valence-corrected chi connectivity index (χ1v) is 15.5. The van der Waals surface area contributed by atoms with Crippen LogP contribution in [0.15, 0.2) is 48.5 Å². The minimum atomic E-state index is -4.93. The summed E-state index contributed by atoms with van der Waals surface area (Å²) in [5.41, 5.74) is -2.90. The van der Waals surface area contributed by atoms with Crippen LogP contribution < -0.4 is 5.32 Å². The zero-order chi connectivity index (χ0) is 28.8. The fourth-order valence-electron chi connectivity index (χ4n) is 4.23. The van der Waals surface area contributed by atoms with Crippen LogP contribution in [-0.2, 0) is 18.8 Å². The molecule has 1 aliphatic rings. The van der Waals surface area contributed by atoms with Gasteiger partial charge in [0.2, 0.25) is 0 Å². The third kappa shape index (κ3) is 8.77. The fourth-order valence-corrected chi connectivity index (χ4v) is 9.78. The zero-order valence-electron chi connectivity index (χ0n) is 21.3. The van der Waals surface area contributed by atoms with Gasteiger partial charge in [-0.3, -0.25) is 0 Å². The van der Waals surface area contributed by atoms with Gasteiger partial charge in [-0.25, -0.2) is 0 Å². The number of aliphatic hydroxyl groups is 2. The van der Waals surface area contributed by atoms with E-state index in [1.807, 2.05) is 30.3 Å². The number of rotatable bonds is 10. The van der Waals surface area contributed by atoms with E-state index in [9.17, 15) is 41.4 Å². The second-order valence-corrected chi connectivity index (χ2v) is 14.3. The van der Waals surface area contributed by atoms with Crippen LogP contribution >= 0.6 is 20.1 Å². The molecule has 0 aliphatic carbocycles. The van der Waals surface area contributed by atoms with Crippen LogP contribution in [0, 0.1) is 3.57 Å². The van der Waals surface area contributed by atoms with Gasteiger partial charge in [-0.2, -0.15) is 0 Å². The number of carbonyl (C=O) groups excluding carboxylic acids is 1. The number of nitrogens with zero attached hydrogens (tertiary/aromatic N) is 2. The van der Waals surface area contributed by atoms with Crippen LogP contribution in [0.3, 0.4) is 0 Å². The second kappa shape index (κ2) is 13.6. The molecule has 0 radical (unpaired) electrons. The maximum absolute atomic E-state index is 13.7. The number of benzene rings is 2. The average molecular weight is 675 g/mol. The molecule has 0 atom stereocenters. The second-order valence-electron chi connectivity index (χ2n) is 9.31. The molecule has 39 heavy (non-hydrogen) atoms. The third-order valence-electron chi connectivity index (χ3n) is 6.37. The molecule has 1 fully saturated rings. The Labute approximate surface area is 230 Å². The summed E-state index contributed by atoms with van der Waals surface area (Å²) in [5, 5.41) is 21.9. The van der Waals surface area contributed by atoms with Crippen LogP contribution in [0.2, 0.25) is 0 Å². The van der Waals surface area contributed by atoms with Crippen molar-refractivity contribution in [2.24, 2.45) is 0 Å². The Balaban J connectivity index is 1.75. The molecule has 6 nitrogen and oxygen atoms in total. The van der Waals surface area contributed by atoms with E-state index in [1.165, 1.54) is 11.9 Å². The molecule has 1 aliphatic heterocycles. The molecule has 2 aromatic rings. The Kier molecular flexibility index (Phi) is 11.0. The number of alkyl halides is 6. The Morgan fingerprint density at radius 1 is 1.00 bits per heavy atom. The normalized spacial score (nSPS) is 16.0. The number of piperidine rings is 1. The predicted octanol–water partition coefficient (Wildman–Crippen LogP) is 5.02. The van der Waals surface area contributed by atoms with Gasteiger partial charge in [-0.05, 0) is 0 Å². The number of aliphatic hydroxyl groups excluding tert-OH is 2. The average Bonchev–Trinajstić information content (AvgIpc) is 2.90. The van der Waals surface area contributed by atoms with Crippen LogP contribution in [0.1, 0.15) is 29.5 Å². The van der Waals surface area contributed by atoms with E-state index in [0.717, 1.165) is 3.57 Å². The van der Waals surface area contributed by atoms with Gasteiger partial charge in [0.1, 0.15) is 0 Å². The van der Waals surface area contributed by atoms with Gasteiger partial charge in [0.05, 0.1) is 0 Å². The van der Waals surface area contributed by atoms with Gasteiger partial charge in [-0.15, -0.1) is 0 Å². The molecule has 3 N–H and O–H groups in total. The van der Waals surface area contributed by atoms with Gasteiger partial charge in [-0.1, -0.05) is 0 Å². The van der Waals surface area contributed by atoms with E-state index in [2.05, 4.69) is 8.43 Å². The number of likely N-dealkylation sites (N-methyl/N-ethyl adjacent to an activating group) is 1. The molecule has 0 spiro atoms. The van der Waals surface area contributed by atoms with E-state index >= 15 is 0 Å². The van der Waals surface area contributed by atoms with Gasteiger partial charge in [0.15, 0.2) is 0 Å². The molecule has 3 rings (SSSR count). The molecule has 0 bridgehead atoms. The third-order valence-corrected chi connectivity index (χ3v) is 12.3. The summed E-state index contributed by atoms with van der Waals surface area (Å²) in [6, 6.07) is 10.4. The monoisotopic (exact) mass is 675 g/mol. The topological polar surface area (TPSA) is 76.0 Å². The van der Waals surface area contributed by atoms with Crippen molar-refractivity contribution in [2.75, 3.05) is 39.9 Å². The van der Waals surface area contributed by atoms with Gasteiger partial charge >= 0.3 is 231 Å². The molecule has 2 aromatic carbocycles. The van der Waals surface area contributed by atoms with E-state index in [4.69, 9.17) is 0 Å². The predicted molar refractivity (Wildman–Crippen MR) is 143 cm³/mol. The van der Waals surface area contributed by atoms with Crippen molar-refractivity contribution in [3.05, 3.63) is 68.8 Å². The van der Waals surface area contributed by atoms with Gasteiger partial charge < -0.3 is 0 Å². The van der Waals surface area contributed by atoms with Gasteiger partial charge in [0, 0.05) is 0 Å². The number of carbonyl (C=O) groups is 1. The van der Waals surface area contributed by atoms with E-state index in [1.54, 1.807) is 0 Å². The number of hydrogen-bond donors (Lipinski definition) is 3. The first-order chi connectivity index (χ1) is 18.3. The van der Waals surface area contributed by atoms with E-state index in [-0.39, 0.29) is 47.8 Å². The summed E-state index contributed by atoms with van der Waals surface area (Å²) in [6.07, 6.45) is -8.64. The first kappa shape index (κ1) is 31.6. The van der Waals surface area contributed by atoms with E-state index in [0.29, 0.717) is 38.1 Å². The fraction of sp³-hybridized carbons (Fsp3) is 0.500. The molecule has 1 saturated heterocycles. The van der Waals surface area contributed by atoms with Crippen LogP contribution in [0.4, 0.5) is 31.1 Å². The summed E-state index contributed by atoms with van der Waals surface area (Å²) in [6.45, 7) is 0.773. The van der Waals surface area contributed by atoms with Crippen LogP contribution in [0.5, 0.6) is 0 Å². The summed E-state index contributed by atoms with van der Waals surface area (Å²) < 4.78 is 82.3. The van der Waals surface area contributed by atoms with Crippen molar-refractivity contribution < 1.29 is 41.4 Å². The standard InChI is InChI=1S/C26H32F6IN3O3/c1-35(10-7-18-13-19(25(27,28)29)15-20(14-18)26(30,31)32)24(39)33(21-5-3-2-4-6-21)36-11-8-22(9-12-36)34-23(16-37)17-38/h2-6,13-15,22-23,34,37-38H,7-12,16-17H2,1H3. The number of amides is 1. The molecule has 218 valence electrons. The summed E-state index contributed by atoms with van der Waals surface area (Å²) >= 11 is -2.70. The quantitative estimate of drug-likeness (QED) is 0.109.